The number of alkyl halides is 1. The number of fused-ring (bicyclic) bond motifs is 1. The fourth-order valence-corrected chi connectivity index (χ4v) is 3.06. The molecule has 118 valence electrons. The summed E-state index contributed by atoms with van der Waals surface area (Å²) in [4.78, 5) is 6.06. The van der Waals surface area contributed by atoms with E-state index in [1.165, 1.54) is 0 Å². The molecule has 3 aromatic rings. The van der Waals surface area contributed by atoms with Crippen LogP contribution in [0.2, 0.25) is 0 Å². The molecule has 4 nitrogen and oxygen atoms in total. The minimum Gasteiger partial charge on any atom is -0.345 e. The van der Waals surface area contributed by atoms with E-state index in [0.29, 0.717) is 11.5 Å². The number of hydrogen-bond acceptors (Lipinski definition) is 3. The van der Waals surface area contributed by atoms with Crippen LogP contribution in [0.25, 0.3) is 5.65 Å². The molecule has 23 heavy (non-hydrogen) atoms. The summed E-state index contributed by atoms with van der Waals surface area (Å²) in [5.74, 6) is -0.588. The molecule has 1 fully saturated rings. The van der Waals surface area contributed by atoms with E-state index < -0.39 is 23.8 Å². The second kappa shape index (κ2) is 5.26. The lowest BCUT2D eigenvalue weighted by molar-refractivity contribution is 0.355. The minimum absolute atomic E-state index is 0.0878. The maximum atomic E-state index is 14.1. The third-order valence-corrected chi connectivity index (χ3v) is 4.09. The first-order valence-corrected chi connectivity index (χ1v) is 7.28. The van der Waals surface area contributed by atoms with Crippen LogP contribution in [0.4, 0.5) is 19.0 Å². The van der Waals surface area contributed by atoms with Gasteiger partial charge in [0.2, 0.25) is 0 Å². The van der Waals surface area contributed by atoms with Gasteiger partial charge in [0.1, 0.15) is 23.6 Å². The number of aromatic nitrogens is 3. The average molecular weight is 318 g/mol. The molecule has 0 saturated carbocycles. The van der Waals surface area contributed by atoms with Gasteiger partial charge >= 0.3 is 0 Å². The van der Waals surface area contributed by atoms with E-state index in [0.717, 1.165) is 18.2 Å². The fraction of sp³-hybridized carbons (Fsp3) is 0.250. The van der Waals surface area contributed by atoms with Crippen molar-refractivity contribution in [1.29, 1.82) is 0 Å². The van der Waals surface area contributed by atoms with Crippen molar-refractivity contribution in [1.82, 2.24) is 14.6 Å². The Kier molecular flexibility index (Phi) is 3.21. The Labute approximate surface area is 130 Å². The van der Waals surface area contributed by atoms with E-state index in [2.05, 4.69) is 10.1 Å². The fourth-order valence-electron chi connectivity index (χ4n) is 3.06. The first-order chi connectivity index (χ1) is 11.1. The number of rotatable bonds is 2. The van der Waals surface area contributed by atoms with E-state index in [1.807, 2.05) is 0 Å². The number of benzene rings is 1. The van der Waals surface area contributed by atoms with Gasteiger partial charge in [-0.05, 0) is 30.3 Å². The van der Waals surface area contributed by atoms with E-state index >= 15 is 0 Å². The molecule has 2 atom stereocenters. The van der Waals surface area contributed by atoms with Crippen LogP contribution in [0.15, 0.2) is 42.7 Å². The molecule has 0 radical (unpaired) electrons. The first kappa shape index (κ1) is 14.0. The lowest BCUT2D eigenvalue weighted by Gasteiger charge is -2.24. The summed E-state index contributed by atoms with van der Waals surface area (Å²) in [6.45, 7) is 0.0878. The highest BCUT2D eigenvalue weighted by Crippen LogP contribution is 2.38. The zero-order chi connectivity index (χ0) is 16.0. The van der Waals surface area contributed by atoms with Crippen LogP contribution in [0.3, 0.4) is 0 Å². The molecule has 4 rings (SSSR count). The van der Waals surface area contributed by atoms with Gasteiger partial charge in [0.25, 0.3) is 0 Å². The van der Waals surface area contributed by atoms with Gasteiger partial charge in [-0.1, -0.05) is 0 Å². The summed E-state index contributed by atoms with van der Waals surface area (Å²) >= 11 is 0. The second-order valence-corrected chi connectivity index (χ2v) is 5.59. The van der Waals surface area contributed by atoms with Crippen molar-refractivity contribution < 1.29 is 13.2 Å². The maximum Gasteiger partial charge on any atom is 0.155 e. The molecular formula is C16H13F3N4. The highest BCUT2D eigenvalue weighted by atomic mass is 19.1. The van der Waals surface area contributed by atoms with Gasteiger partial charge < -0.3 is 4.90 Å². The van der Waals surface area contributed by atoms with E-state index in [4.69, 9.17) is 0 Å². The van der Waals surface area contributed by atoms with Crippen LogP contribution in [0, 0.1) is 11.6 Å². The molecule has 0 amide bonds. The lowest BCUT2D eigenvalue weighted by Crippen LogP contribution is -2.24. The predicted octanol–water partition coefficient (Wildman–Crippen LogP) is 3.30. The summed E-state index contributed by atoms with van der Waals surface area (Å²) in [7, 11) is 0. The number of nitrogens with zero attached hydrogens (tertiary/aromatic N) is 4. The molecular weight excluding hydrogens is 305 g/mol. The topological polar surface area (TPSA) is 33.4 Å². The van der Waals surface area contributed by atoms with Crippen LogP contribution in [-0.4, -0.2) is 27.3 Å². The second-order valence-electron chi connectivity index (χ2n) is 5.59. The highest BCUT2D eigenvalue weighted by molar-refractivity contribution is 5.52. The van der Waals surface area contributed by atoms with Gasteiger partial charge in [-0.15, -0.1) is 0 Å². The lowest BCUT2D eigenvalue weighted by atomic mass is 10.0. The van der Waals surface area contributed by atoms with Crippen molar-refractivity contribution in [3.63, 3.8) is 0 Å². The Bertz CT molecular complexity index is 830. The normalized spacial score (nSPS) is 21.3. The molecule has 0 aliphatic carbocycles. The number of imidazole rings is 1. The zero-order valence-corrected chi connectivity index (χ0v) is 12.0. The average Bonchev–Trinajstić information content (AvgIpc) is 3.12. The van der Waals surface area contributed by atoms with Crippen molar-refractivity contribution in [2.24, 2.45) is 0 Å². The smallest absolute Gasteiger partial charge is 0.155 e. The Balaban J connectivity index is 1.78. The van der Waals surface area contributed by atoms with E-state index in [1.54, 1.807) is 33.9 Å². The van der Waals surface area contributed by atoms with Crippen LogP contribution in [0.1, 0.15) is 18.0 Å². The molecule has 1 aliphatic heterocycles. The summed E-state index contributed by atoms with van der Waals surface area (Å²) in [6, 6.07) is 6.18. The Morgan fingerprint density at radius 3 is 2.87 bits per heavy atom. The largest absolute Gasteiger partial charge is 0.345 e. The molecule has 0 spiro atoms. The Hall–Kier alpha value is -2.57. The molecule has 2 aromatic heterocycles. The minimum atomic E-state index is -1.12. The molecule has 1 aliphatic rings. The molecule has 1 saturated heterocycles. The Morgan fingerprint density at radius 2 is 2.04 bits per heavy atom. The van der Waals surface area contributed by atoms with Crippen LogP contribution < -0.4 is 4.90 Å². The van der Waals surface area contributed by atoms with Gasteiger partial charge in [-0.25, -0.2) is 22.7 Å². The van der Waals surface area contributed by atoms with Crippen molar-refractivity contribution >= 4 is 11.5 Å². The quantitative estimate of drug-likeness (QED) is 0.727. The Morgan fingerprint density at radius 1 is 1.17 bits per heavy atom. The van der Waals surface area contributed by atoms with Gasteiger partial charge in [0.05, 0.1) is 18.8 Å². The summed E-state index contributed by atoms with van der Waals surface area (Å²) in [6.07, 6.45) is 2.25. The van der Waals surface area contributed by atoms with Crippen molar-refractivity contribution in [3.05, 3.63) is 59.9 Å². The summed E-state index contributed by atoms with van der Waals surface area (Å²) in [5, 5.41) is 4.12. The van der Waals surface area contributed by atoms with Gasteiger partial charge in [0.15, 0.2) is 5.65 Å². The SMILES string of the molecule is Fc1ccc(F)c([C@H]2C[C@H](F)CN2c2cn3ncccc3n2)c1. The van der Waals surface area contributed by atoms with Crippen molar-refractivity contribution in [2.45, 2.75) is 18.6 Å². The summed E-state index contributed by atoms with van der Waals surface area (Å²) < 4.78 is 43.1. The molecule has 0 bridgehead atoms. The van der Waals surface area contributed by atoms with Crippen molar-refractivity contribution in [3.8, 4) is 0 Å². The predicted molar refractivity (Wildman–Crippen MR) is 78.9 cm³/mol. The molecule has 7 heteroatoms. The maximum absolute atomic E-state index is 14.1. The molecule has 1 aromatic carbocycles. The van der Waals surface area contributed by atoms with E-state index in [-0.39, 0.29) is 18.5 Å². The van der Waals surface area contributed by atoms with Crippen LogP contribution >= 0.6 is 0 Å². The van der Waals surface area contributed by atoms with Gasteiger partial charge in [-0.3, -0.25) is 0 Å². The first-order valence-electron chi connectivity index (χ1n) is 7.28. The highest BCUT2D eigenvalue weighted by Gasteiger charge is 2.36. The number of hydrogen-bond donors (Lipinski definition) is 0. The molecule has 0 N–H and O–H groups in total. The molecule has 0 unspecified atom stereocenters. The molecule has 3 heterocycles. The van der Waals surface area contributed by atoms with Crippen LogP contribution in [-0.2, 0) is 0 Å². The number of anilines is 1. The van der Waals surface area contributed by atoms with E-state index in [9.17, 15) is 13.2 Å². The third-order valence-electron chi connectivity index (χ3n) is 4.09. The standard InChI is InChI=1S/C16H13F3N4/c17-10-3-4-13(19)12(6-10)14-7-11(18)8-22(14)16-9-23-15(21-16)2-1-5-20-23/h1-6,9,11,14H,7-8H2/t11-,14+/m0/s1. The third kappa shape index (κ3) is 2.42. The summed E-state index contributed by atoms with van der Waals surface area (Å²) in [5.41, 5.74) is 0.762. The monoisotopic (exact) mass is 318 g/mol. The van der Waals surface area contributed by atoms with Gasteiger partial charge in [0, 0.05) is 18.2 Å². The van der Waals surface area contributed by atoms with Crippen LogP contribution in [0.5, 0.6) is 0 Å². The zero-order valence-electron chi connectivity index (χ0n) is 12.0. The number of halogens is 3. The van der Waals surface area contributed by atoms with Crippen molar-refractivity contribution in [2.75, 3.05) is 11.4 Å². The van der Waals surface area contributed by atoms with Gasteiger partial charge in [-0.2, -0.15) is 5.10 Å².